The Morgan fingerprint density at radius 2 is 1.65 bits per heavy atom. The third-order valence-electron chi connectivity index (χ3n) is 2.71. The van der Waals surface area contributed by atoms with Gasteiger partial charge in [0.15, 0.2) is 0 Å². The van der Waals surface area contributed by atoms with E-state index in [1.54, 1.807) is 18.2 Å². The maximum atomic E-state index is 10.9. The average molecular weight is 227 g/mol. The molecule has 0 radical (unpaired) electrons. The summed E-state index contributed by atoms with van der Waals surface area (Å²) in [5, 5.41) is 9.63. The van der Waals surface area contributed by atoms with Crippen LogP contribution in [0.25, 0.3) is 11.1 Å². The van der Waals surface area contributed by atoms with Gasteiger partial charge in [-0.05, 0) is 41.8 Å². The van der Waals surface area contributed by atoms with E-state index >= 15 is 0 Å². The number of nitrogens with two attached hydrogens (primary N) is 1. The van der Waals surface area contributed by atoms with Crippen molar-refractivity contribution in [3.63, 3.8) is 0 Å². The quantitative estimate of drug-likeness (QED) is 0.827. The van der Waals surface area contributed by atoms with Crippen molar-refractivity contribution in [3.8, 4) is 16.9 Å². The molecule has 2 rings (SSSR count). The van der Waals surface area contributed by atoms with Crippen LogP contribution in [-0.4, -0.2) is 11.0 Å². The molecule has 0 spiro atoms. The third-order valence-corrected chi connectivity index (χ3v) is 2.71. The average Bonchev–Trinajstić information content (AvgIpc) is 2.33. The Morgan fingerprint density at radius 3 is 2.18 bits per heavy atom. The van der Waals surface area contributed by atoms with Crippen molar-refractivity contribution in [3.05, 3.63) is 53.6 Å². The van der Waals surface area contributed by atoms with Crippen LogP contribution >= 0.6 is 0 Å². The fraction of sp³-hybridized carbons (Fsp3) is 0.0714. The molecule has 0 fully saturated rings. The first-order valence-corrected chi connectivity index (χ1v) is 5.28. The zero-order valence-corrected chi connectivity index (χ0v) is 9.47. The lowest BCUT2D eigenvalue weighted by atomic mass is 10.0. The lowest BCUT2D eigenvalue weighted by Gasteiger charge is -2.05. The van der Waals surface area contributed by atoms with Gasteiger partial charge in [0.25, 0.3) is 0 Å². The highest BCUT2D eigenvalue weighted by Crippen LogP contribution is 2.26. The van der Waals surface area contributed by atoms with Crippen molar-refractivity contribution in [1.82, 2.24) is 0 Å². The van der Waals surface area contributed by atoms with E-state index in [4.69, 9.17) is 5.73 Å². The van der Waals surface area contributed by atoms with E-state index in [9.17, 15) is 9.90 Å². The number of aryl methyl sites for hydroxylation is 1. The second-order valence-electron chi connectivity index (χ2n) is 3.94. The minimum Gasteiger partial charge on any atom is -0.508 e. The number of primary amides is 1. The maximum absolute atomic E-state index is 10.9. The number of rotatable bonds is 2. The summed E-state index contributed by atoms with van der Waals surface area (Å²) in [6, 6.07) is 12.5. The predicted octanol–water partition coefficient (Wildman–Crippen LogP) is 2.47. The number of aromatic hydroxyl groups is 1. The van der Waals surface area contributed by atoms with E-state index < -0.39 is 5.91 Å². The maximum Gasteiger partial charge on any atom is 0.248 e. The number of hydrogen-bond acceptors (Lipinski definition) is 2. The normalized spacial score (nSPS) is 10.2. The molecule has 0 aliphatic carbocycles. The SMILES string of the molecule is Cc1ccc(-c2ccc(C(N)=O)cc2)cc1O. The van der Waals surface area contributed by atoms with Gasteiger partial charge in [-0.15, -0.1) is 0 Å². The van der Waals surface area contributed by atoms with E-state index in [-0.39, 0.29) is 5.75 Å². The lowest BCUT2D eigenvalue weighted by Crippen LogP contribution is -2.10. The highest BCUT2D eigenvalue weighted by Gasteiger charge is 2.03. The summed E-state index contributed by atoms with van der Waals surface area (Å²) in [4.78, 5) is 10.9. The summed E-state index contributed by atoms with van der Waals surface area (Å²) >= 11 is 0. The number of phenols is 1. The zero-order valence-electron chi connectivity index (χ0n) is 9.47. The summed E-state index contributed by atoms with van der Waals surface area (Å²) in [6.07, 6.45) is 0. The van der Waals surface area contributed by atoms with Gasteiger partial charge < -0.3 is 10.8 Å². The van der Waals surface area contributed by atoms with Crippen LogP contribution in [0.5, 0.6) is 5.75 Å². The van der Waals surface area contributed by atoms with E-state index in [1.807, 2.05) is 31.2 Å². The Hall–Kier alpha value is -2.29. The molecular weight excluding hydrogens is 214 g/mol. The van der Waals surface area contributed by atoms with Crippen LogP contribution in [0.1, 0.15) is 15.9 Å². The zero-order chi connectivity index (χ0) is 12.4. The van der Waals surface area contributed by atoms with Gasteiger partial charge in [-0.1, -0.05) is 24.3 Å². The molecule has 3 heteroatoms. The Kier molecular flexibility index (Phi) is 2.83. The smallest absolute Gasteiger partial charge is 0.248 e. The largest absolute Gasteiger partial charge is 0.508 e. The van der Waals surface area contributed by atoms with Crippen molar-refractivity contribution in [2.45, 2.75) is 6.92 Å². The third kappa shape index (κ3) is 2.28. The number of carbonyl (C=O) groups excluding carboxylic acids is 1. The van der Waals surface area contributed by atoms with Gasteiger partial charge in [-0.25, -0.2) is 0 Å². The number of hydrogen-bond donors (Lipinski definition) is 2. The molecule has 0 heterocycles. The summed E-state index contributed by atoms with van der Waals surface area (Å²) in [7, 11) is 0. The van der Waals surface area contributed by atoms with Crippen molar-refractivity contribution >= 4 is 5.91 Å². The molecule has 2 aromatic carbocycles. The Morgan fingerprint density at radius 1 is 1.06 bits per heavy atom. The Labute approximate surface area is 99.5 Å². The fourth-order valence-electron chi connectivity index (χ4n) is 1.62. The van der Waals surface area contributed by atoms with Gasteiger partial charge in [0.2, 0.25) is 5.91 Å². The van der Waals surface area contributed by atoms with E-state index in [0.29, 0.717) is 5.56 Å². The summed E-state index contributed by atoms with van der Waals surface area (Å²) < 4.78 is 0. The second kappa shape index (κ2) is 4.29. The minimum atomic E-state index is -0.441. The highest BCUT2D eigenvalue weighted by molar-refractivity contribution is 5.93. The second-order valence-corrected chi connectivity index (χ2v) is 3.94. The summed E-state index contributed by atoms with van der Waals surface area (Å²) in [5.41, 5.74) is 8.32. The first-order chi connectivity index (χ1) is 8.08. The van der Waals surface area contributed by atoms with Crippen LogP contribution in [0.15, 0.2) is 42.5 Å². The van der Waals surface area contributed by atoms with Crippen LogP contribution in [0.2, 0.25) is 0 Å². The Bertz CT molecular complexity index is 559. The van der Waals surface area contributed by atoms with Crippen molar-refractivity contribution in [1.29, 1.82) is 0 Å². The number of phenolic OH excluding ortho intramolecular Hbond substituents is 1. The molecule has 0 bridgehead atoms. The van der Waals surface area contributed by atoms with E-state index in [1.165, 1.54) is 0 Å². The van der Waals surface area contributed by atoms with Crippen molar-refractivity contribution in [2.24, 2.45) is 5.73 Å². The summed E-state index contributed by atoms with van der Waals surface area (Å²) in [6.45, 7) is 1.84. The first kappa shape index (κ1) is 11.2. The van der Waals surface area contributed by atoms with Gasteiger partial charge in [-0.2, -0.15) is 0 Å². The molecule has 0 aromatic heterocycles. The molecular formula is C14H13NO2. The van der Waals surface area contributed by atoms with Crippen LogP contribution in [-0.2, 0) is 0 Å². The molecule has 86 valence electrons. The predicted molar refractivity (Wildman–Crippen MR) is 66.8 cm³/mol. The van der Waals surface area contributed by atoms with Gasteiger partial charge in [-0.3, -0.25) is 4.79 Å². The number of carbonyl (C=O) groups is 1. The standard InChI is InChI=1S/C14H13NO2/c1-9-2-3-12(8-13(9)16)10-4-6-11(7-5-10)14(15)17/h2-8,16H,1H3,(H2,15,17). The van der Waals surface area contributed by atoms with Crippen LogP contribution < -0.4 is 5.73 Å². The van der Waals surface area contributed by atoms with E-state index in [2.05, 4.69) is 0 Å². The number of benzene rings is 2. The van der Waals surface area contributed by atoms with Crippen molar-refractivity contribution < 1.29 is 9.90 Å². The number of amides is 1. The molecule has 0 atom stereocenters. The first-order valence-electron chi connectivity index (χ1n) is 5.28. The molecule has 2 aromatic rings. The summed E-state index contributed by atoms with van der Waals surface area (Å²) in [5.74, 6) is -0.176. The van der Waals surface area contributed by atoms with Crippen LogP contribution in [0.3, 0.4) is 0 Å². The van der Waals surface area contributed by atoms with Gasteiger partial charge in [0.05, 0.1) is 0 Å². The molecule has 17 heavy (non-hydrogen) atoms. The molecule has 0 saturated heterocycles. The molecule has 1 amide bonds. The van der Waals surface area contributed by atoms with Crippen LogP contribution in [0.4, 0.5) is 0 Å². The molecule has 3 nitrogen and oxygen atoms in total. The minimum absolute atomic E-state index is 0.265. The Balaban J connectivity index is 2.39. The topological polar surface area (TPSA) is 63.3 Å². The molecule has 3 N–H and O–H groups in total. The van der Waals surface area contributed by atoms with Gasteiger partial charge >= 0.3 is 0 Å². The monoisotopic (exact) mass is 227 g/mol. The molecule has 0 aliphatic heterocycles. The van der Waals surface area contributed by atoms with Crippen LogP contribution in [0, 0.1) is 6.92 Å². The molecule has 0 aliphatic rings. The van der Waals surface area contributed by atoms with Gasteiger partial charge in [0.1, 0.15) is 5.75 Å². The van der Waals surface area contributed by atoms with Crippen molar-refractivity contribution in [2.75, 3.05) is 0 Å². The highest BCUT2D eigenvalue weighted by atomic mass is 16.3. The molecule has 0 saturated carbocycles. The van der Waals surface area contributed by atoms with E-state index in [0.717, 1.165) is 16.7 Å². The molecule has 0 unspecified atom stereocenters. The fourth-order valence-corrected chi connectivity index (χ4v) is 1.62. The van der Waals surface area contributed by atoms with Gasteiger partial charge in [0, 0.05) is 5.56 Å². The lowest BCUT2D eigenvalue weighted by molar-refractivity contribution is 0.100.